The van der Waals surface area contributed by atoms with Crippen LogP contribution in [0.3, 0.4) is 0 Å². The zero-order valence-electron chi connectivity index (χ0n) is 11.9. The second kappa shape index (κ2) is 9.60. The van der Waals surface area contributed by atoms with Crippen molar-refractivity contribution in [2.75, 3.05) is 44.8 Å². The number of benzene rings is 1. The van der Waals surface area contributed by atoms with E-state index < -0.39 is 9.85 Å². The van der Waals surface area contributed by atoms with Gasteiger partial charge < -0.3 is 20.5 Å². The number of rotatable bonds is 11. The second-order valence-corrected chi connectivity index (χ2v) is 4.13. The van der Waals surface area contributed by atoms with Gasteiger partial charge in [0.1, 0.15) is 0 Å². The van der Waals surface area contributed by atoms with Gasteiger partial charge >= 0.3 is 0 Å². The summed E-state index contributed by atoms with van der Waals surface area (Å²) in [5, 5.41) is 24.5. The molecule has 0 unspecified atom stereocenters. The molecule has 1 aromatic rings. The van der Waals surface area contributed by atoms with E-state index in [1.165, 1.54) is 18.2 Å². The third-order valence-corrected chi connectivity index (χ3v) is 2.60. The van der Waals surface area contributed by atoms with Gasteiger partial charge in [-0.15, -0.1) is 0 Å². The lowest BCUT2D eigenvalue weighted by atomic mass is 10.2. The van der Waals surface area contributed by atoms with Crippen molar-refractivity contribution in [2.24, 2.45) is 5.73 Å². The standard InChI is InChI=1S/C12H18N4O6/c13-4-6-21-8-9-22-7-5-14-12-10(15(17)18)2-1-3-11(12)16(19)20/h1-3,14H,4-9,13H2. The number of nitrogens with one attached hydrogen (secondary N) is 1. The maximum Gasteiger partial charge on any atom is 0.299 e. The van der Waals surface area contributed by atoms with Gasteiger partial charge in [-0.3, -0.25) is 20.2 Å². The van der Waals surface area contributed by atoms with Crippen molar-refractivity contribution in [1.82, 2.24) is 0 Å². The average molecular weight is 314 g/mol. The molecule has 1 rings (SSSR count). The van der Waals surface area contributed by atoms with Crippen LogP contribution in [0.5, 0.6) is 0 Å². The van der Waals surface area contributed by atoms with Crippen molar-refractivity contribution in [3.63, 3.8) is 0 Å². The molecule has 0 saturated heterocycles. The van der Waals surface area contributed by atoms with Crippen molar-refractivity contribution in [3.05, 3.63) is 38.4 Å². The van der Waals surface area contributed by atoms with Crippen LogP contribution in [0.25, 0.3) is 0 Å². The molecule has 3 N–H and O–H groups in total. The molecule has 0 aliphatic rings. The first-order valence-electron chi connectivity index (χ1n) is 6.59. The van der Waals surface area contributed by atoms with E-state index in [1.54, 1.807) is 0 Å². The number of anilines is 1. The monoisotopic (exact) mass is 314 g/mol. The summed E-state index contributed by atoms with van der Waals surface area (Å²) in [5.74, 6) is 0. The van der Waals surface area contributed by atoms with E-state index in [1.807, 2.05) is 0 Å². The van der Waals surface area contributed by atoms with Gasteiger partial charge in [-0.25, -0.2) is 0 Å². The fourth-order valence-corrected chi connectivity index (χ4v) is 1.67. The topological polar surface area (TPSA) is 143 Å². The maximum atomic E-state index is 10.9. The van der Waals surface area contributed by atoms with E-state index in [0.717, 1.165) is 0 Å². The lowest BCUT2D eigenvalue weighted by molar-refractivity contribution is -0.392. The summed E-state index contributed by atoms with van der Waals surface area (Å²) < 4.78 is 10.3. The molecule has 0 bridgehead atoms. The Morgan fingerprint density at radius 2 is 1.55 bits per heavy atom. The van der Waals surface area contributed by atoms with E-state index in [9.17, 15) is 20.2 Å². The predicted octanol–water partition coefficient (Wildman–Crippen LogP) is 0.907. The van der Waals surface area contributed by atoms with Crippen molar-refractivity contribution >= 4 is 17.1 Å². The SMILES string of the molecule is NCCOCCOCCNc1c([N+](=O)[O-])cccc1[N+](=O)[O-]. The Balaban J connectivity index is 2.50. The summed E-state index contributed by atoms with van der Waals surface area (Å²) in [6.07, 6.45) is 0. The van der Waals surface area contributed by atoms with Crippen LogP contribution in [0.2, 0.25) is 0 Å². The van der Waals surface area contributed by atoms with Gasteiger partial charge in [0.15, 0.2) is 5.69 Å². The predicted molar refractivity (Wildman–Crippen MR) is 78.9 cm³/mol. The smallest absolute Gasteiger partial charge is 0.299 e. The highest BCUT2D eigenvalue weighted by molar-refractivity contribution is 5.73. The molecule has 0 saturated carbocycles. The van der Waals surface area contributed by atoms with Gasteiger partial charge in [0.25, 0.3) is 11.4 Å². The normalized spacial score (nSPS) is 10.4. The first kappa shape index (κ1) is 17.8. The van der Waals surface area contributed by atoms with E-state index in [0.29, 0.717) is 26.4 Å². The quantitative estimate of drug-likeness (QED) is 0.348. The number of nitro benzene ring substituents is 2. The summed E-state index contributed by atoms with van der Waals surface area (Å²) in [4.78, 5) is 20.5. The van der Waals surface area contributed by atoms with Gasteiger partial charge in [0.2, 0.25) is 0 Å². The first-order valence-corrected chi connectivity index (χ1v) is 6.59. The molecular formula is C12H18N4O6. The third kappa shape index (κ3) is 5.60. The molecule has 10 nitrogen and oxygen atoms in total. The van der Waals surface area contributed by atoms with Gasteiger partial charge in [-0.05, 0) is 6.07 Å². The zero-order chi connectivity index (χ0) is 16.4. The van der Waals surface area contributed by atoms with Crippen LogP contribution >= 0.6 is 0 Å². The minimum absolute atomic E-state index is 0.125. The Kier molecular flexibility index (Phi) is 7.75. The lowest BCUT2D eigenvalue weighted by Crippen LogP contribution is -2.15. The van der Waals surface area contributed by atoms with Gasteiger partial charge in [-0.1, -0.05) is 0 Å². The summed E-state index contributed by atoms with van der Waals surface area (Å²) in [6, 6.07) is 3.68. The molecule has 22 heavy (non-hydrogen) atoms. The minimum Gasteiger partial charge on any atom is -0.378 e. The van der Waals surface area contributed by atoms with Crippen LogP contribution in [0.4, 0.5) is 17.1 Å². The minimum atomic E-state index is -0.670. The van der Waals surface area contributed by atoms with E-state index in [2.05, 4.69) is 5.32 Å². The van der Waals surface area contributed by atoms with Crippen LogP contribution in [0.15, 0.2) is 18.2 Å². The Morgan fingerprint density at radius 1 is 1.00 bits per heavy atom. The molecule has 0 amide bonds. The van der Waals surface area contributed by atoms with E-state index >= 15 is 0 Å². The fourth-order valence-electron chi connectivity index (χ4n) is 1.67. The van der Waals surface area contributed by atoms with Crippen molar-refractivity contribution < 1.29 is 19.3 Å². The number of para-hydroxylation sites is 1. The molecule has 0 atom stereocenters. The summed E-state index contributed by atoms with van der Waals surface area (Å²) in [7, 11) is 0. The fraction of sp³-hybridized carbons (Fsp3) is 0.500. The van der Waals surface area contributed by atoms with Gasteiger partial charge in [-0.2, -0.15) is 0 Å². The summed E-state index contributed by atoms with van der Waals surface area (Å²) >= 11 is 0. The summed E-state index contributed by atoms with van der Waals surface area (Å²) in [6.45, 7) is 2.05. The van der Waals surface area contributed by atoms with Crippen LogP contribution in [-0.2, 0) is 9.47 Å². The Morgan fingerprint density at radius 3 is 2.05 bits per heavy atom. The molecule has 0 heterocycles. The number of hydrogen-bond acceptors (Lipinski definition) is 8. The molecule has 1 aromatic carbocycles. The Hall–Kier alpha value is -2.30. The van der Waals surface area contributed by atoms with Crippen LogP contribution < -0.4 is 11.1 Å². The highest BCUT2D eigenvalue weighted by Gasteiger charge is 2.23. The molecular weight excluding hydrogens is 296 g/mol. The Labute approximate surface area is 126 Å². The van der Waals surface area contributed by atoms with Crippen molar-refractivity contribution in [1.29, 1.82) is 0 Å². The average Bonchev–Trinajstić information content (AvgIpc) is 2.49. The first-order chi connectivity index (χ1) is 10.6. The van der Waals surface area contributed by atoms with Crippen molar-refractivity contribution in [2.45, 2.75) is 0 Å². The lowest BCUT2D eigenvalue weighted by Gasteiger charge is -2.08. The molecule has 0 fully saturated rings. The van der Waals surface area contributed by atoms with Crippen LogP contribution in [0, 0.1) is 20.2 Å². The number of nitrogens with two attached hydrogens (primary N) is 1. The number of nitro groups is 2. The van der Waals surface area contributed by atoms with Crippen LogP contribution in [-0.4, -0.2) is 49.4 Å². The molecule has 0 aliphatic carbocycles. The molecule has 0 aromatic heterocycles. The number of hydrogen-bond donors (Lipinski definition) is 2. The third-order valence-electron chi connectivity index (χ3n) is 2.60. The maximum absolute atomic E-state index is 10.9. The molecule has 0 spiro atoms. The summed E-state index contributed by atoms with van der Waals surface area (Å²) in [5.41, 5.74) is 4.43. The van der Waals surface area contributed by atoms with E-state index in [4.69, 9.17) is 15.2 Å². The molecule has 122 valence electrons. The van der Waals surface area contributed by atoms with Crippen molar-refractivity contribution in [3.8, 4) is 0 Å². The van der Waals surface area contributed by atoms with Gasteiger partial charge in [0, 0.05) is 25.2 Å². The molecule has 0 aliphatic heterocycles. The zero-order valence-corrected chi connectivity index (χ0v) is 11.9. The highest BCUT2D eigenvalue weighted by atomic mass is 16.6. The Bertz CT molecular complexity index is 478. The number of nitrogens with zero attached hydrogens (tertiary/aromatic N) is 2. The number of ether oxygens (including phenoxy) is 2. The molecule has 10 heteroatoms. The molecule has 0 radical (unpaired) electrons. The van der Waals surface area contributed by atoms with E-state index in [-0.39, 0.29) is 30.2 Å². The second-order valence-electron chi connectivity index (χ2n) is 4.13. The largest absolute Gasteiger partial charge is 0.378 e. The highest BCUT2D eigenvalue weighted by Crippen LogP contribution is 2.33. The van der Waals surface area contributed by atoms with Crippen LogP contribution in [0.1, 0.15) is 0 Å². The van der Waals surface area contributed by atoms with Gasteiger partial charge in [0.05, 0.1) is 36.3 Å².